The number of likely N-dealkylation sites (tertiary alicyclic amines) is 1. The number of pyridine rings is 1. The third-order valence-electron chi connectivity index (χ3n) is 6.40. The van der Waals surface area contributed by atoms with Gasteiger partial charge in [0.1, 0.15) is 11.4 Å². The molecule has 1 N–H and O–H groups in total. The quantitative estimate of drug-likeness (QED) is 0.576. The van der Waals surface area contributed by atoms with Crippen molar-refractivity contribution in [1.29, 1.82) is 0 Å². The van der Waals surface area contributed by atoms with Gasteiger partial charge in [0, 0.05) is 50.2 Å². The summed E-state index contributed by atoms with van der Waals surface area (Å²) in [6.45, 7) is 8.94. The highest BCUT2D eigenvalue weighted by molar-refractivity contribution is 5.89. The Morgan fingerprint density at radius 3 is 2.78 bits per heavy atom. The van der Waals surface area contributed by atoms with Crippen LogP contribution in [0.15, 0.2) is 48.8 Å². The normalized spacial score (nSPS) is 20.5. The molecule has 5 rings (SSSR count). The summed E-state index contributed by atoms with van der Waals surface area (Å²) in [5, 5.41) is 4.49. The van der Waals surface area contributed by atoms with Gasteiger partial charge >= 0.3 is 6.09 Å². The van der Waals surface area contributed by atoms with Crippen molar-refractivity contribution in [2.45, 2.75) is 51.4 Å². The zero-order valence-electron chi connectivity index (χ0n) is 21.2. The second-order valence-corrected chi connectivity index (χ2v) is 10.4. The van der Waals surface area contributed by atoms with E-state index < -0.39 is 5.60 Å². The van der Waals surface area contributed by atoms with E-state index in [0.29, 0.717) is 25.6 Å². The Morgan fingerprint density at radius 1 is 1.14 bits per heavy atom. The van der Waals surface area contributed by atoms with Crippen molar-refractivity contribution < 1.29 is 14.3 Å². The van der Waals surface area contributed by atoms with E-state index in [-0.39, 0.29) is 18.2 Å². The Kier molecular flexibility index (Phi) is 6.91. The fraction of sp³-hybridized carbons (Fsp3) is 0.481. The molecule has 2 fully saturated rings. The number of fused-ring (bicyclic) bond motifs is 1. The van der Waals surface area contributed by atoms with E-state index in [9.17, 15) is 4.79 Å². The van der Waals surface area contributed by atoms with Crippen LogP contribution in [0, 0.1) is 0 Å². The van der Waals surface area contributed by atoms with Crippen molar-refractivity contribution >= 4 is 28.8 Å². The summed E-state index contributed by atoms with van der Waals surface area (Å²) in [7, 11) is 0. The first-order valence-corrected chi connectivity index (χ1v) is 12.6. The summed E-state index contributed by atoms with van der Waals surface area (Å²) in [6, 6.07) is 12.4. The number of aromatic nitrogens is 3. The molecule has 36 heavy (non-hydrogen) atoms. The number of morpholine rings is 1. The molecule has 2 atom stereocenters. The minimum Gasteiger partial charge on any atom is -0.444 e. The monoisotopic (exact) mass is 490 g/mol. The number of carbonyl (C=O) groups is 1. The summed E-state index contributed by atoms with van der Waals surface area (Å²) in [5.41, 5.74) is 1.54. The number of rotatable bonds is 5. The number of benzene rings is 1. The molecular formula is C27H34N6O3. The molecule has 1 unspecified atom stereocenters. The predicted molar refractivity (Wildman–Crippen MR) is 139 cm³/mol. The van der Waals surface area contributed by atoms with Crippen molar-refractivity contribution in [3.05, 3.63) is 54.4 Å². The summed E-state index contributed by atoms with van der Waals surface area (Å²) < 4.78 is 11.6. The molecule has 2 aliphatic heterocycles. The fourth-order valence-corrected chi connectivity index (χ4v) is 4.69. The second-order valence-electron chi connectivity index (χ2n) is 10.4. The molecule has 0 spiro atoms. The van der Waals surface area contributed by atoms with Gasteiger partial charge in [0.25, 0.3) is 0 Å². The Labute approximate surface area is 211 Å². The lowest BCUT2D eigenvalue weighted by Gasteiger charge is -2.33. The number of nitrogens with zero attached hydrogens (tertiary/aromatic N) is 5. The van der Waals surface area contributed by atoms with Gasteiger partial charge < -0.3 is 24.6 Å². The molecule has 0 bridgehead atoms. The van der Waals surface area contributed by atoms with Gasteiger partial charge in [0.2, 0.25) is 5.95 Å². The van der Waals surface area contributed by atoms with Crippen LogP contribution < -0.4 is 10.2 Å². The molecule has 0 saturated carbocycles. The Hall–Kier alpha value is -3.46. The van der Waals surface area contributed by atoms with Crippen molar-refractivity contribution in [2.24, 2.45) is 0 Å². The molecule has 2 aromatic heterocycles. The van der Waals surface area contributed by atoms with Gasteiger partial charge in [0.15, 0.2) is 0 Å². The third-order valence-corrected chi connectivity index (χ3v) is 6.40. The van der Waals surface area contributed by atoms with Crippen molar-refractivity contribution in [3.8, 4) is 0 Å². The van der Waals surface area contributed by atoms with Gasteiger partial charge in [-0.05, 0) is 38.8 Å². The number of ether oxygens (including phenoxy) is 2. The van der Waals surface area contributed by atoms with E-state index in [1.807, 2.05) is 32.9 Å². The van der Waals surface area contributed by atoms with Gasteiger partial charge in [-0.3, -0.25) is 4.98 Å². The smallest absolute Gasteiger partial charge is 0.410 e. The highest BCUT2D eigenvalue weighted by Gasteiger charge is 2.31. The topological polar surface area (TPSA) is 92.7 Å². The van der Waals surface area contributed by atoms with Gasteiger partial charge in [-0.15, -0.1) is 0 Å². The largest absolute Gasteiger partial charge is 0.444 e. The van der Waals surface area contributed by atoms with E-state index in [1.165, 1.54) is 5.56 Å². The lowest BCUT2D eigenvalue weighted by atomic mass is 10.1. The number of nitrogens with one attached hydrogen (secondary N) is 1. The zero-order valence-corrected chi connectivity index (χ0v) is 21.2. The average Bonchev–Trinajstić information content (AvgIpc) is 3.33. The Morgan fingerprint density at radius 2 is 1.97 bits per heavy atom. The summed E-state index contributed by atoms with van der Waals surface area (Å²) in [6.07, 6.45) is 4.99. The summed E-state index contributed by atoms with van der Waals surface area (Å²) in [5.74, 6) is 1.43. The minimum atomic E-state index is -0.510. The molecule has 9 heteroatoms. The first-order chi connectivity index (χ1) is 17.3. The van der Waals surface area contributed by atoms with Crippen molar-refractivity contribution in [2.75, 3.05) is 43.0 Å². The van der Waals surface area contributed by atoms with Crippen LogP contribution in [-0.4, -0.2) is 76.5 Å². The second kappa shape index (κ2) is 10.3. The predicted octanol–water partition coefficient (Wildman–Crippen LogP) is 3.89. The molecule has 2 saturated heterocycles. The maximum Gasteiger partial charge on any atom is 0.410 e. The molecule has 0 aliphatic carbocycles. The first-order valence-electron chi connectivity index (χ1n) is 12.6. The molecule has 9 nitrogen and oxygen atoms in total. The van der Waals surface area contributed by atoms with Crippen molar-refractivity contribution in [3.63, 3.8) is 0 Å². The number of carbonyl (C=O) groups excluding carboxylic acids is 1. The van der Waals surface area contributed by atoms with E-state index in [1.54, 1.807) is 17.3 Å². The van der Waals surface area contributed by atoms with Gasteiger partial charge in [-0.25, -0.2) is 9.78 Å². The van der Waals surface area contributed by atoms with Crippen molar-refractivity contribution in [1.82, 2.24) is 19.9 Å². The summed E-state index contributed by atoms with van der Waals surface area (Å²) in [4.78, 5) is 30.5. The number of hydrogen-bond acceptors (Lipinski definition) is 8. The lowest BCUT2D eigenvalue weighted by Crippen LogP contribution is -2.44. The molecule has 4 heterocycles. The molecule has 0 radical (unpaired) electrons. The SMILES string of the molecule is CC(C)(C)OC(=O)N1CC[C@@H](Nc2nc(N3CCOC(Cc4ccccc4)C3)nc3cnccc23)C1. The first kappa shape index (κ1) is 24.2. The highest BCUT2D eigenvalue weighted by Crippen LogP contribution is 2.27. The highest BCUT2D eigenvalue weighted by atomic mass is 16.6. The molecule has 190 valence electrons. The zero-order chi connectivity index (χ0) is 25.1. The molecule has 1 amide bonds. The van der Waals surface area contributed by atoms with Gasteiger partial charge in [-0.1, -0.05) is 30.3 Å². The van der Waals surface area contributed by atoms with Crippen LogP contribution in [0.3, 0.4) is 0 Å². The maximum atomic E-state index is 12.5. The Bertz CT molecular complexity index is 1200. The van der Waals surface area contributed by atoms with Crippen LogP contribution in [-0.2, 0) is 15.9 Å². The third kappa shape index (κ3) is 5.84. The lowest BCUT2D eigenvalue weighted by molar-refractivity contribution is 0.0293. The van der Waals surface area contributed by atoms with Crippen LogP contribution >= 0.6 is 0 Å². The number of hydrogen-bond donors (Lipinski definition) is 1. The standard InChI is InChI=1S/C27H34N6O3/c1-27(2,3)36-26(34)33-12-10-20(17-33)29-24-22-9-11-28-16-23(22)30-25(31-24)32-13-14-35-21(18-32)15-19-7-5-4-6-8-19/h4-9,11,16,20-21H,10,12-15,17-18H2,1-3H3,(H,29,30,31)/t20-,21?/m1/s1. The van der Waals surface area contributed by atoms with E-state index >= 15 is 0 Å². The molecular weight excluding hydrogens is 456 g/mol. The summed E-state index contributed by atoms with van der Waals surface area (Å²) >= 11 is 0. The average molecular weight is 491 g/mol. The van der Waals surface area contributed by atoms with Crippen LogP contribution in [0.4, 0.5) is 16.6 Å². The Balaban J connectivity index is 1.32. The van der Waals surface area contributed by atoms with Crippen LogP contribution in [0.1, 0.15) is 32.8 Å². The molecule has 2 aliphatic rings. The molecule has 1 aromatic carbocycles. The van der Waals surface area contributed by atoms with E-state index in [4.69, 9.17) is 19.4 Å². The van der Waals surface area contributed by atoms with E-state index in [2.05, 4.69) is 39.5 Å². The molecule has 3 aromatic rings. The maximum absolute atomic E-state index is 12.5. The minimum absolute atomic E-state index is 0.0722. The van der Waals surface area contributed by atoms with Crippen LogP contribution in [0.2, 0.25) is 0 Å². The van der Waals surface area contributed by atoms with Crippen LogP contribution in [0.25, 0.3) is 10.9 Å². The number of anilines is 2. The van der Waals surface area contributed by atoms with Gasteiger partial charge in [-0.2, -0.15) is 4.98 Å². The number of amides is 1. The van der Waals surface area contributed by atoms with Gasteiger partial charge in [0.05, 0.1) is 24.4 Å². The van der Waals surface area contributed by atoms with Crippen LogP contribution in [0.5, 0.6) is 0 Å². The van der Waals surface area contributed by atoms with E-state index in [0.717, 1.165) is 42.7 Å². The fourth-order valence-electron chi connectivity index (χ4n) is 4.69.